The van der Waals surface area contributed by atoms with Crippen molar-refractivity contribution < 1.29 is 9.90 Å². The molecular weight excluding hydrogens is 192 g/mol. The highest BCUT2D eigenvalue weighted by molar-refractivity contribution is 5.89. The summed E-state index contributed by atoms with van der Waals surface area (Å²) in [6.45, 7) is 3.71. The van der Waals surface area contributed by atoms with Gasteiger partial charge in [-0.3, -0.25) is 4.79 Å². The minimum atomic E-state index is 0.213. The zero-order chi connectivity index (χ0) is 10.8. The molecule has 0 spiro atoms. The topological polar surface area (TPSA) is 65.1 Å². The zero-order valence-electron chi connectivity index (χ0n) is 7.95. The molecule has 15 heavy (non-hydrogen) atoms. The molecule has 0 aliphatic carbocycles. The second-order valence-electron chi connectivity index (χ2n) is 3.18. The summed E-state index contributed by atoms with van der Waals surface area (Å²) in [4.78, 5) is 13.2. The molecule has 0 bridgehead atoms. The molecule has 2 aromatic rings. The second-order valence-corrected chi connectivity index (χ2v) is 3.18. The smallest absolute Gasteiger partial charge is 0.211 e. The molecule has 0 fully saturated rings. The van der Waals surface area contributed by atoms with Gasteiger partial charge in [0.25, 0.3) is 0 Å². The standard InChI is InChI=1S/C11H10N2O2/c1-7(13-6-14)8-2-3-9-10(4-8)12-5-11(9)15/h2-6,12,15H,1H2,(H,13,14). The molecule has 0 unspecified atom stereocenters. The molecule has 4 nitrogen and oxygen atoms in total. The first-order valence-corrected chi connectivity index (χ1v) is 4.42. The fourth-order valence-electron chi connectivity index (χ4n) is 1.45. The quantitative estimate of drug-likeness (QED) is 0.662. The Morgan fingerprint density at radius 1 is 1.53 bits per heavy atom. The number of carbonyl (C=O) groups excluding carboxylic acids is 1. The SMILES string of the molecule is C=C(NC=O)c1ccc2c(O)c[nH]c2c1. The third kappa shape index (κ3) is 1.57. The highest BCUT2D eigenvalue weighted by atomic mass is 16.3. The highest BCUT2D eigenvalue weighted by Gasteiger charge is 2.04. The Hall–Kier alpha value is -2.23. The van der Waals surface area contributed by atoms with Crippen molar-refractivity contribution in [2.24, 2.45) is 0 Å². The summed E-state index contributed by atoms with van der Waals surface area (Å²) in [6, 6.07) is 5.37. The maximum atomic E-state index is 10.2. The van der Waals surface area contributed by atoms with E-state index in [-0.39, 0.29) is 5.75 Å². The lowest BCUT2D eigenvalue weighted by Gasteiger charge is -2.03. The fraction of sp³-hybridized carbons (Fsp3) is 0. The molecule has 1 aromatic heterocycles. The van der Waals surface area contributed by atoms with Gasteiger partial charge in [0, 0.05) is 22.8 Å². The molecule has 1 aromatic carbocycles. The Morgan fingerprint density at radius 2 is 2.33 bits per heavy atom. The van der Waals surface area contributed by atoms with E-state index in [1.165, 1.54) is 6.20 Å². The van der Waals surface area contributed by atoms with Crippen molar-refractivity contribution in [3.05, 3.63) is 36.5 Å². The summed E-state index contributed by atoms with van der Waals surface area (Å²) in [5, 5.41) is 12.6. The summed E-state index contributed by atoms with van der Waals surface area (Å²) in [5.74, 6) is 0.213. The van der Waals surface area contributed by atoms with E-state index < -0.39 is 0 Å². The molecule has 0 atom stereocenters. The van der Waals surface area contributed by atoms with Crippen LogP contribution in [0.15, 0.2) is 31.0 Å². The van der Waals surface area contributed by atoms with Crippen molar-refractivity contribution >= 4 is 23.0 Å². The molecule has 0 radical (unpaired) electrons. The van der Waals surface area contributed by atoms with E-state index in [2.05, 4.69) is 16.9 Å². The number of aromatic amines is 1. The molecule has 0 aliphatic heterocycles. The minimum Gasteiger partial charge on any atom is -0.506 e. The maximum Gasteiger partial charge on any atom is 0.211 e. The Morgan fingerprint density at radius 3 is 3.07 bits per heavy atom. The van der Waals surface area contributed by atoms with Gasteiger partial charge in [-0.2, -0.15) is 0 Å². The Balaban J connectivity index is 2.47. The van der Waals surface area contributed by atoms with Crippen molar-refractivity contribution in [3.8, 4) is 5.75 Å². The number of hydrogen-bond acceptors (Lipinski definition) is 2. The van der Waals surface area contributed by atoms with E-state index in [1.54, 1.807) is 12.1 Å². The molecule has 0 saturated carbocycles. The summed E-state index contributed by atoms with van der Waals surface area (Å²) < 4.78 is 0. The van der Waals surface area contributed by atoms with Gasteiger partial charge in [-0.15, -0.1) is 0 Å². The van der Waals surface area contributed by atoms with Crippen LogP contribution in [0.4, 0.5) is 0 Å². The normalized spacial score (nSPS) is 10.1. The summed E-state index contributed by atoms with van der Waals surface area (Å²) in [5.41, 5.74) is 2.14. The molecule has 76 valence electrons. The van der Waals surface area contributed by atoms with Crippen LogP contribution >= 0.6 is 0 Å². The number of rotatable bonds is 3. The summed E-state index contributed by atoms with van der Waals surface area (Å²) >= 11 is 0. The van der Waals surface area contributed by atoms with Crippen LogP contribution in [0.3, 0.4) is 0 Å². The Bertz CT molecular complexity index is 528. The van der Waals surface area contributed by atoms with Gasteiger partial charge in [-0.05, 0) is 17.7 Å². The van der Waals surface area contributed by atoms with Crippen molar-refractivity contribution in [1.82, 2.24) is 10.3 Å². The summed E-state index contributed by atoms with van der Waals surface area (Å²) in [6.07, 6.45) is 2.10. The average molecular weight is 202 g/mol. The molecule has 1 amide bonds. The van der Waals surface area contributed by atoms with Crippen molar-refractivity contribution in [2.75, 3.05) is 0 Å². The monoisotopic (exact) mass is 202 g/mol. The number of amides is 1. The van der Waals surface area contributed by atoms with Gasteiger partial charge >= 0.3 is 0 Å². The van der Waals surface area contributed by atoms with Crippen molar-refractivity contribution in [2.45, 2.75) is 0 Å². The average Bonchev–Trinajstić information content (AvgIpc) is 2.60. The first-order valence-electron chi connectivity index (χ1n) is 4.42. The molecule has 1 heterocycles. The number of carbonyl (C=O) groups is 1. The van der Waals surface area contributed by atoms with Gasteiger partial charge in [-0.25, -0.2) is 0 Å². The molecule has 0 aliphatic rings. The largest absolute Gasteiger partial charge is 0.506 e. The Labute approximate surface area is 86.2 Å². The van der Waals surface area contributed by atoms with E-state index in [0.717, 1.165) is 16.5 Å². The maximum absolute atomic E-state index is 10.2. The predicted molar refractivity (Wildman–Crippen MR) is 58.2 cm³/mol. The van der Waals surface area contributed by atoms with Crippen molar-refractivity contribution in [1.29, 1.82) is 0 Å². The van der Waals surface area contributed by atoms with E-state index >= 15 is 0 Å². The first kappa shape index (κ1) is 9.33. The molecule has 0 saturated heterocycles. The molecule has 2 rings (SSSR count). The third-order valence-electron chi connectivity index (χ3n) is 2.24. The number of fused-ring (bicyclic) bond motifs is 1. The fourth-order valence-corrected chi connectivity index (χ4v) is 1.45. The van der Waals surface area contributed by atoms with Crippen LogP contribution in [0.25, 0.3) is 16.6 Å². The van der Waals surface area contributed by atoms with E-state index in [1.807, 2.05) is 6.07 Å². The van der Waals surface area contributed by atoms with Crippen molar-refractivity contribution in [3.63, 3.8) is 0 Å². The number of benzene rings is 1. The van der Waals surface area contributed by atoms with E-state index in [0.29, 0.717) is 12.1 Å². The summed E-state index contributed by atoms with van der Waals surface area (Å²) in [7, 11) is 0. The number of H-pyrrole nitrogens is 1. The lowest BCUT2D eigenvalue weighted by Crippen LogP contribution is -2.07. The van der Waals surface area contributed by atoms with Crippen LogP contribution in [0.5, 0.6) is 5.75 Å². The number of aromatic hydroxyl groups is 1. The third-order valence-corrected chi connectivity index (χ3v) is 2.24. The van der Waals surface area contributed by atoms with Crippen LogP contribution < -0.4 is 5.32 Å². The van der Waals surface area contributed by atoms with Gasteiger partial charge in [0.05, 0.1) is 0 Å². The number of aromatic nitrogens is 1. The van der Waals surface area contributed by atoms with E-state index in [4.69, 9.17) is 0 Å². The minimum absolute atomic E-state index is 0.213. The van der Waals surface area contributed by atoms with Gasteiger partial charge in [-0.1, -0.05) is 12.6 Å². The van der Waals surface area contributed by atoms with Crippen LogP contribution in [0, 0.1) is 0 Å². The highest BCUT2D eigenvalue weighted by Crippen LogP contribution is 2.25. The first-order chi connectivity index (χ1) is 7.22. The van der Waals surface area contributed by atoms with E-state index in [9.17, 15) is 9.90 Å². The van der Waals surface area contributed by atoms with Crippen LogP contribution in [0.1, 0.15) is 5.56 Å². The van der Waals surface area contributed by atoms with Gasteiger partial charge < -0.3 is 15.4 Å². The number of nitrogens with one attached hydrogen (secondary N) is 2. The molecule has 4 heteroatoms. The van der Waals surface area contributed by atoms with Crippen LogP contribution in [-0.4, -0.2) is 16.5 Å². The van der Waals surface area contributed by atoms with Gasteiger partial charge in [0.15, 0.2) is 0 Å². The van der Waals surface area contributed by atoms with Crippen LogP contribution in [0.2, 0.25) is 0 Å². The van der Waals surface area contributed by atoms with Gasteiger partial charge in [0.1, 0.15) is 5.75 Å². The van der Waals surface area contributed by atoms with Crippen LogP contribution in [-0.2, 0) is 4.79 Å². The number of hydrogen-bond donors (Lipinski definition) is 3. The predicted octanol–water partition coefficient (Wildman–Crippen LogP) is 1.59. The van der Waals surface area contributed by atoms with Gasteiger partial charge in [0.2, 0.25) is 6.41 Å². The second kappa shape index (κ2) is 3.49. The Kier molecular flexibility index (Phi) is 2.17. The molecule has 3 N–H and O–H groups in total. The molecular formula is C11H10N2O2. The lowest BCUT2D eigenvalue weighted by molar-refractivity contribution is -0.108. The lowest BCUT2D eigenvalue weighted by atomic mass is 10.1. The zero-order valence-corrected chi connectivity index (χ0v) is 7.95.